The molecule has 0 saturated heterocycles. The van der Waals surface area contributed by atoms with Crippen molar-refractivity contribution in [1.82, 2.24) is 0 Å². The molecule has 0 aromatic heterocycles. The van der Waals surface area contributed by atoms with Crippen molar-refractivity contribution in [3.63, 3.8) is 0 Å². The van der Waals surface area contributed by atoms with E-state index in [0.717, 1.165) is 19.8 Å². The third kappa shape index (κ3) is 2.74. The van der Waals surface area contributed by atoms with Gasteiger partial charge in [-0.25, -0.2) is 4.79 Å². The van der Waals surface area contributed by atoms with E-state index in [1.165, 1.54) is 0 Å². The zero-order valence-corrected chi connectivity index (χ0v) is 10.4. The van der Waals surface area contributed by atoms with Crippen molar-refractivity contribution in [2.75, 3.05) is 14.2 Å². The summed E-state index contributed by atoms with van der Waals surface area (Å²) in [5.41, 5.74) is 1.17. The standard InChI is InChI=1S/C13H14O5/c1-8-6-4-5-7-9(8)10(12(15)17-2)11(14)13(16)18-3/h4-7,10H,1-3H3. The first-order chi connectivity index (χ1) is 8.52. The van der Waals surface area contributed by atoms with Crippen molar-refractivity contribution >= 4 is 17.7 Å². The quantitative estimate of drug-likeness (QED) is 0.453. The average Bonchev–Trinajstić information content (AvgIpc) is 2.39. The van der Waals surface area contributed by atoms with Gasteiger partial charge in [0, 0.05) is 0 Å². The molecule has 0 saturated carbocycles. The Balaban J connectivity index is 3.23. The first-order valence-corrected chi connectivity index (χ1v) is 5.28. The third-order valence-electron chi connectivity index (χ3n) is 2.59. The van der Waals surface area contributed by atoms with E-state index < -0.39 is 23.6 Å². The number of ketones is 1. The summed E-state index contributed by atoms with van der Waals surface area (Å²) >= 11 is 0. The van der Waals surface area contributed by atoms with Gasteiger partial charge in [-0.05, 0) is 18.1 Å². The van der Waals surface area contributed by atoms with Crippen LogP contribution in [-0.4, -0.2) is 31.9 Å². The third-order valence-corrected chi connectivity index (χ3v) is 2.59. The molecule has 0 aliphatic rings. The van der Waals surface area contributed by atoms with Crippen LogP contribution in [-0.2, 0) is 23.9 Å². The van der Waals surface area contributed by atoms with E-state index in [-0.39, 0.29) is 0 Å². The molecule has 0 fully saturated rings. The average molecular weight is 250 g/mol. The van der Waals surface area contributed by atoms with Gasteiger partial charge >= 0.3 is 11.9 Å². The Morgan fingerprint density at radius 3 is 2.17 bits per heavy atom. The molecule has 1 unspecified atom stereocenters. The summed E-state index contributed by atoms with van der Waals surface area (Å²) in [6, 6.07) is 6.81. The van der Waals surface area contributed by atoms with Crippen LogP contribution in [0.5, 0.6) is 0 Å². The minimum absolute atomic E-state index is 0.444. The van der Waals surface area contributed by atoms with Crippen molar-refractivity contribution in [1.29, 1.82) is 0 Å². The van der Waals surface area contributed by atoms with E-state index >= 15 is 0 Å². The Kier molecular flexibility index (Phi) is 4.59. The number of methoxy groups -OCH3 is 2. The maximum Gasteiger partial charge on any atom is 0.375 e. The predicted molar refractivity (Wildman–Crippen MR) is 63.0 cm³/mol. The van der Waals surface area contributed by atoms with Crippen molar-refractivity contribution in [3.05, 3.63) is 35.4 Å². The monoisotopic (exact) mass is 250 g/mol. The SMILES string of the molecule is COC(=O)C(=O)C(C(=O)OC)c1ccccc1C. The molecule has 5 nitrogen and oxygen atoms in total. The molecule has 1 atom stereocenters. The second kappa shape index (κ2) is 5.95. The normalized spacial score (nSPS) is 11.5. The molecule has 18 heavy (non-hydrogen) atoms. The minimum Gasteiger partial charge on any atom is -0.468 e. The summed E-state index contributed by atoms with van der Waals surface area (Å²) in [4.78, 5) is 34.8. The molecule has 1 aromatic carbocycles. The molecule has 0 radical (unpaired) electrons. The van der Waals surface area contributed by atoms with E-state index in [4.69, 9.17) is 0 Å². The Morgan fingerprint density at radius 2 is 1.67 bits per heavy atom. The Labute approximate surface area is 105 Å². The highest BCUT2D eigenvalue weighted by molar-refractivity contribution is 6.39. The molecule has 0 N–H and O–H groups in total. The van der Waals surface area contributed by atoms with Gasteiger partial charge in [-0.3, -0.25) is 9.59 Å². The number of carbonyl (C=O) groups excluding carboxylic acids is 3. The van der Waals surface area contributed by atoms with Crippen LogP contribution in [0.15, 0.2) is 24.3 Å². The molecule has 0 spiro atoms. The summed E-state index contributed by atoms with van der Waals surface area (Å²) in [5.74, 6) is -4.05. The Morgan fingerprint density at radius 1 is 1.06 bits per heavy atom. The molecule has 0 bridgehead atoms. The number of rotatable bonds is 4. The molecule has 1 aromatic rings. The number of hydrogen-bond acceptors (Lipinski definition) is 5. The second-order valence-corrected chi connectivity index (χ2v) is 3.67. The topological polar surface area (TPSA) is 69.7 Å². The zero-order chi connectivity index (χ0) is 13.7. The van der Waals surface area contributed by atoms with Gasteiger partial charge in [0.2, 0.25) is 0 Å². The lowest BCUT2D eigenvalue weighted by atomic mass is 9.91. The predicted octanol–water partition coefficient (Wildman–Crippen LogP) is 0.994. The van der Waals surface area contributed by atoms with Gasteiger partial charge in [-0.15, -0.1) is 0 Å². The van der Waals surface area contributed by atoms with E-state index in [9.17, 15) is 14.4 Å². The van der Waals surface area contributed by atoms with Crippen LogP contribution < -0.4 is 0 Å². The first kappa shape index (κ1) is 13.9. The van der Waals surface area contributed by atoms with Gasteiger partial charge < -0.3 is 9.47 Å². The number of carbonyl (C=O) groups is 3. The maximum absolute atomic E-state index is 11.9. The number of benzene rings is 1. The molecule has 0 heterocycles. The molecule has 96 valence electrons. The van der Waals surface area contributed by atoms with E-state index in [1.54, 1.807) is 31.2 Å². The zero-order valence-electron chi connectivity index (χ0n) is 10.4. The fourth-order valence-electron chi connectivity index (χ4n) is 1.62. The number of Topliss-reactive ketones (excluding diaryl/α,β-unsaturated/α-hetero) is 1. The van der Waals surface area contributed by atoms with Crippen LogP contribution in [0.4, 0.5) is 0 Å². The lowest BCUT2D eigenvalue weighted by Gasteiger charge is -2.14. The summed E-state index contributed by atoms with van der Waals surface area (Å²) in [6.45, 7) is 1.75. The fourth-order valence-corrected chi connectivity index (χ4v) is 1.62. The summed E-state index contributed by atoms with van der Waals surface area (Å²) < 4.78 is 8.92. The summed E-state index contributed by atoms with van der Waals surface area (Å²) in [5, 5.41) is 0. The van der Waals surface area contributed by atoms with Crippen LogP contribution >= 0.6 is 0 Å². The van der Waals surface area contributed by atoms with Crippen LogP contribution in [0.1, 0.15) is 17.0 Å². The molecule has 0 aliphatic heterocycles. The molecule has 1 rings (SSSR count). The Bertz CT molecular complexity index is 478. The largest absolute Gasteiger partial charge is 0.468 e. The Hall–Kier alpha value is -2.17. The van der Waals surface area contributed by atoms with Crippen molar-refractivity contribution < 1.29 is 23.9 Å². The van der Waals surface area contributed by atoms with E-state index in [0.29, 0.717) is 5.56 Å². The highest BCUT2D eigenvalue weighted by atomic mass is 16.5. The smallest absolute Gasteiger partial charge is 0.375 e. The van der Waals surface area contributed by atoms with Gasteiger partial charge in [0.25, 0.3) is 5.78 Å². The van der Waals surface area contributed by atoms with E-state index in [1.807, 2.05) is 0 Å². The lowest BCUT2D eigenvalue weighted by Crippen LogP contribution is -2.30. The van der Waals surface area contributed by atoms with Crippen LogP contribution in [0.2, 0.25) is 0 Å². The van der Waals surface area contributed by atoms with Crippen LogP contribution in [0.3, 0.4) is 0 Å². The summed E-state index contributed by atoms with van der Waals surface area (Å²) in [6.07, 6.45) is 0. The van der Waals surface area contributed by atoms with Gasteiger partial charge in [0.15, 0.2) is 5.92 Å². The molecule has 5 heteroatoms. The minimum atomic E-state index is -1.27. The first-order valence-electron chi connectivity index (χ1n) is 5.28. The summed E-state index contributed by atoms with van der Waals surface area (Å²) in [7, 11) is 2.25. The van der Waals surface area contributed by atoms with Gasteiger partial charge in [-0.2, -0.15) is 0 Å². The number of ether oxygens (including phenoxy) is 2. The van der Waals surface area contributed by atoms with Crippen molar-refractivity contribution in [3.8, 4) is 0 Å². The van der Waals surface area contributed by atoms with Crippen LogP contribution in [0.25, 0.3) is 0 Å². The van der Waals surface area contributed by atoms with E-state index in [2.05, 4.69) is 9.47 Å². The lowest BCUT2D eigenvalue weighted by molar-refractivity contribution is -0.157. The highest BCUT2D eigenvalue weighted by Gasteiger charge is 2.35. The fraction of sp³-hybridized carbons (Fsp3) is 0.308. The van der Waals surface area contributed by atoms with Gasteiger partial charge in [0.05, 0.1) is 14.2 Å². The highest BCUT2D eigenvalue weighted by Crippen LogP contribution is 2.22. The maximum atomic E-state index is 11.9. The molecule has 0 aliphatic carbocycles. The van der Waals surface area contributed by atoms with Gasteiger partial charge in [-0.1, -0.05) is 24.3 Å². The second-order valence-electron chi connectivity index (χ2n) is 3.67. The number of hydrogen-bond donors (Lipinski definition) is 0. The van der Waals surface area contributed by atoms with Crippen LogP contribution in [0, 0.1) is 6.92 Å². The van der Waals surface area contributed by atoms with Gasteiger partial charge in [0.1, 0.15) is 0 Å². The van der Waals surface area contributed by atoms with Crippen molar-refractivity contribution in [2.45, 2.75) is 12.8 Å². The molecular weight excluding hydrogens is 236 g/mol. The number of esters is 2. The van der Waals surface area contributed by atoms with Crippen molar-refractivity contribution in [2.24, 2.45) is 0 Å². The molecular formula is C13H14O5. The molecule has 0 amide bonds. The number of aryl methyl sites for hydroxylation is 1.